The third-order valence-electron chi connectivity index (χ3n) is 4.81. The standard InChI is InChI=1S/C15H25N5/c1-9-12(17-11-5-4-8-15(11,2)3)18-14(10-6-7-10)19-13(9)20-16/h10-11H,4-8,16H2,1-3H3,(H2,17,18,19,20). The van der Waals surface area contributed by atoms with E-state index in [1.807, 2.05) is 6.92 Å². The fourth-order valence-corrected chi connectivity index (χ4v) is 3.10. The summed E-state index contributed by atoms with van der Waals surface area (Å²) in [6.07, 6.45) is 6.15. The molecule has 5 heteroatoms. The van der Waals surface area contributed by atoms with E-state index in [1.54, 1.807) is 0 Å². The minimum atomic E-state index is 0.327. The average Bonchev–Trinajstić information content (AvgIpc) is 3.19. The topological polar surface area (TPSA) is 75.9 Å². The van der Waals surface area contributed by atoms with Crippen molar-refractivity contribution in [3.8, 4) is 0 Å². The minimum absolute atomic E-state index is 0.327. The van der Waals surface area contributed by atoms with Gasteiger partial charge >= 0.3 is 0 Å². The Balaban J connectivity index is 1.89. The molecule has 0 aliphatic heterocycles. The van der Waals surface area contributed by atoms with Gasteiger partial charge in [0.15, 0.2) is 0 Å². The Morgan fingerprint density at radius 2 is 1.85 bits per heavy atom. The van der Waals surface area contributed by atoms with Crippen molar-refractivity contribution < 1.29 is 0 Å². The van der Waals surface area contributed by atoms with Crippen LogP contribution in [0.3, 0.4) is 0 Å². The molecule has 2 aliphatic rings. The first-order valence-corrected chi connectivity index (χ1v) is 7.63. The number of nitrogens with zero attached hydrogens (tertiary/aromatic N) is 2. The van der Waals surface area contributed by atoms with Gasteiger partial charge in [0.1, 0.15) is 17.5 Å². The Morgan fingerprint density at radius 1 is 1.15 bits per heavy atom. The van der Waals surface area contributed by atoms with E-state index in [0.29, 0.717) is 17.4 Å². The van der Waals surface area contributed by atoms with Gasteiger partial charge in [-0.3, -0.25) is 0 Å². The number of nitrogens with two attached hydrogens (primary N) is 1. The number of aromatic nitrogens is 2. The Bertz CT molecular complexity index is 507. The van der Waals surface area contributed by atoms with Gasteiger partial charge in [-0.15, -0.1) is 0 Å². The molecule has 2 fully saturated rings. The first-order chi connectivity index (χ1) is 9.51. The van der Waals surface area contributed by atoms with E-state index in [-0.39, 0.29) is 0 Å². The molecule has 3 rings (SSSR count). The van der Waals surface area contributed by atoms with Crippen molar-refractivity contribution in [1.82, 2.24) is 9.97 Å². The van der Waals surface area contributed by atoms with Crippen LogP contribution in [0.1, 0.15) is 63.3 Å². The zero-order chi connectivity index (χ0) is 14.3. The van der Waals surface area contributed by atoms with Crippen molar-refractivity contribution in [2.24, 2.45) is 11.3 Å². The van der Waals surface area contributed by atoms with Crippen molar-refractivity contribution in [2.75, 3.05) is 10.7 Å². The molecule has 2 saturated carbocycles. The molecular formula is C15H25N5. The number of hydrogen-bond acceptors (Lipinski definition) is 5. The molecule has 0 radical (unpaired) electrons. The highest BCUT2D eigenvalue weighted by Gasteiger charge is 2.35. The SMILES string of the molecule is Cc1c(NN)nc(C2CC2)nc1NC1CCCC1(C)C. The summed E-state index contributed by atoms with van der Waals surface area (Å²) in [6, 6.07) is 0.480. The lowest BCUT2D eigenvalue weighted by atomic mass is 9.87. The smallest absolute Gasteiger partial charge is 0.148 e. The van der Waals surface area contributed by atoms with Gasteiger partial charge in [-0.05, 0) is 38.0 Å². The maximum atomic E-state index is 5.60. The summed E-state index contributed by atoms with van der Waals surface area (Å²) in [5, 5.41) is 3.65. The highest BCUT2D eigenvalue weighted by atomic mass is 15.3. The lowest BCUT2D eigenvalue weighted by Gasteiger charge is -2.29. The van der Waals surface area contributed by atoms with Crippen LogP contribution in [0.5, 0.6) is 0 Å². The number of hydrazine groups is 1. The molecule has 5 nitrogen and oxygen atoms in total. The van der Waals surface area contributed by atoms with Gasteiger partial charge in [0.05, 0.1) is 0 Å². The van der Waals surface area contributed by atoms with Gasteiger partial charge in [0.25, 0.3) is 0 Å². The van der Waals surface area contributed by atoms with Crippen LogP contribution in [0.2, 0.25) is 0 Å². The maximum absolute atomic E-state index is 5.60. The monoisotopic (exact) mass is 275 g/mol. The number of nitrogens with one attached hydrogen (secondary N) is 2. The van der Waals surface area contributed by atoms with E-state index in [4.69, 9.17) is 10.8 Å². The van der Waals surface area contributed by atoms with Crippen molar-refractivity contribution in [1.29, 1.82) is 0 Å². The van der Waals surface area contributed by atoms with Crippen molar-refractivity contribution in [3.63, 3.8) is 0 Å². The Hall–Kier alpha value is -1.36. The van der Waals surface area contributed by atoms with E-state index in [2.05, 4.69) is 29.6 Å². The van der Waals surface area contributed by atoms with Crippen LogP contribution < -0.4 is 16.6 Å². The fourth-order valence-electron chi connectivity index (χ4n) is 3.10. The van der Waals surface area contributed by atoms with Crippen molar-refractivity contribution in [2.45, 2.75) is 64.8 Å². The summed E-state index contributed by atoms with van der Waals surface area (Å²) in [6.45, 7) is 6.69. The Kier molecular flexibility index (Phi) is 3.32. The second-order valence-corrected chi connectivity index (χ2v) is 6.90. The first kappa shape index (κ1) is 13.6. The summed E-state index contributed by atoms with van der Waals surface area (Å²) >= 11 is 0. The molecular weight excluding hydrogens is 250 g/mol. The van der Waals surface area contributed by atoms with Crippen LogP contribution in [-0.2, 0) is 0 Å². The van der Waals surface area contributed by atoms with Gasteiger partial charge in [-0.25, -0.2) is 15.8 Å². The molecule has 0 saturated heterocycles. The normalized spacial score (nSPS) is 24.7. The van der Waals surface area contributed by atoms with Gasteiger partial charge < -0.3 is 10.7 Å². The molecule has 20 heavy (non-hydrogen) atoms. The van der Waals surface area contributed by atoms with Crippen LogP contribution in [-0.4, -0.2) is 16.0 Å². The third-order valence-corrected chi connectivity index (χ3v) is 4.81. The van der Waals surface area contributed by atoms with E-state index in [0.717, 1.165) is 23.0 Å². The maximum Gasteiger partial charge on any atom is 0.148 e. The lowest BCUT2D eigenvalue weighted by molar-refractivity contribution is 0.349. The molecule has 1 unspecified atom stereocenters. The summed E-state index contributed by atoms with van der Waals surface area (Å²) < 4.78 is 0. The van der Waals surface area contributed by atoms with Crippen LogP contribution in [0.25, 0.3) is 0 Å². The van der Waals surface area contributed by atoms with E-state index in [9.17, 15) is 0 Å². The minimum Gasteiger partial charge on any atom is -0.366 e. The van der Waals surface area contributed by atoms with E-state index >= 15 is 0 Å². The third kappa shape index (κ3) is 2.46. The van der Waals surface area contributed by atoms with Crippen LogP contribution in [0.15, 0.2) is 0 Å². The van der Waals surface area contributed by atoms with Gasteiger partial charge in [-0.2, -0.15) is 0 Å². The quantitative estimate of drug-likeness (QED) is 0.582. The fraction of sp³-hybridized carbons (Fsp3) is 0.733. The van der Waals surface area contributed by atoms with Crippen LogP contribution >= 0.6 is 0 Å². The second kappa shape index (κ2) is 4.88. The molecule has 4 N–H and O–H groups in total. The second-order valence-electron chi connectivity index (χ2n) is 6.90. The molecule has 0 amide bonds. The number of nitrogen functional groups attached to an aromatic ring is 1. The molecule has 0 spiro atoms. The molecule has 0 aromatic carbocycles. The summed E-state index contributed by atoms with van der Waals surface area (Å²) in [5.41, 5.74) is 4.05. The van der Waals surface area contributed by atoms with E-state index in [1.165, 1.54) is 32.1 Å². The largest absolute Gasteiger partial charge is 0.366 e. The molecule has 1 aromatic heterocycles. The summed E-state index contributed by atoms with van der Waals surface area (Å²) in [7, 11) is 0. The van der Waals surface area contributed by atoms with Gasteiger partial charge in [0, 0.05) is 17.5 Å². The molecule has 1 heterocycles. The first-order valence-electron chi connectivity index (χ1n) is 7.63. The lowest BCUT2D eigenvalue weighted by Crippen LogP contribution is -2.32. The van der Waals surface area contributed by atoms with E-state index < -0.39 is 0 Å². The predicted molar refractivity (Wildman–Crippen MR) is 81.6 cm³/mol. The Morgan fingerprint density at radius 3 is 2.40 bits per heavy atom. The molecule has 1 atom stereocenters. The van der Waals surface area contributed by atoms with Gasteiger partial charge in [0.2, 0.25) is 0 Å². The number of hydrogen-bond donors (Lipinski definition) is 3. The van der Waals surface area contributed by atoms with Gasteiger partial charge in [-0.1, -0.05) is 20.3 Å². The van der Waals surface area contributed by atoms with Crippen molar-refractivity contribution >= 4 is 11.6 Å². The highest BCUT2D eigenvalue weighted by molar-refractivity contribution is 5.57. The van der Waals surface area contributed by atoms with Crippen LogP contribution in [0, 0.1) is 12.3 Å². The summed E-state index contributed by atoms with van der Waals surface area (Å²) in [4.78, 5) is 9.29. The highest BCUT2D eigenvalue weighted by Crippen LogP contribution is 2.41. The average molecular weight is 275 g/mol. The molecule has 110 valence electrons. The zero-order valence-electron chi connectivity index (χ0n) is 12.7. The molecule has 0 bridgehead atoms. The predicted octanol–water partition coefficient (Wildman–Crippen LogP) is 2.94. The van der Waals surface area contributed by atoms with Crippen LogP contribution in [0.4, 0.5) is 11.6 Å². The Labute approximate surface area is 120 Å². The summed E-state index contributed by atoms with van der Waals surface area (Å²) in [5.74, 6) is 8.77. The number of anilines is 2. The molecule has 1 aromatic rings. The number of rotatable bonds is 4. The zero-order valence-corrected chi connectivity index (χ0v) is 12.7. The molecule has 2 aliphatic carbocycles. The van der Waals surface area contributed by atoms with Crippen molar-refractivity contribution in [3.05, 3.63) is 11.4 Å².